The van der Waals surface area contributed by atoms with E-state index in [0.717, 1.165) is 22.9 Å². The van der Waals surface area contributed by atoms with Crippen LogP contribution >= 0.6 is 0 Å². The van der Waals surface area contributed by atoms with Gasteiger partial charge in [0.15, 0.2) is 0 Å². The second-order valence-corrected chi connectivity index (χ2v) is 5.19. The van der Waals surface area contributed by atoms with Crippen LogP contribution in [-0.2, 0) is 9.31 Å². The summed E-state index contributed by atoms with van der Waals surface area (Å²) in [7, 11) is 2.13. The molecule has 1 aromatic rings. The second kappa shape index (κ2) is 3.78. The van der Waals surface area contributed by atoms with Crippen molar-refractivity contribution < 1.29 is 18.6 Å². The minimum absolute atomic E-state index is 0.0937. The van der Waals surface area contributed by atoms with E-state index in [2.05, 4.69) is 7.05 Å². The first kappa shape index (κ1) is 11.6. The van der Waals surface area contributed by atoms with Gasteiger partial charge in [-0.2, -0.15) is 0 Å². The molecule has 2 heterocycles. The van der Waals surface area contributed by atoms with Gasteiger partial charge in [0.05, 0.1) is 31.2 Å². The zero-order valence-electron chi connectivity index (χ0n) is 10.2. The molecule has 96 valence electrons. The van der Waals surface area contributed by atoms with Gasteiger partial charge < -0.3 is 13.7 Å². The number of rotatable bonds is 2. The predicted molar refractivity (Wildman–Crippen MR) is 66.3 cm³/mol. The van der Waals surface area contributed by atoms with E-state index in [-0.39, 0.29) is 5.69 Å². The predicted octanol–water partition coefficient (Wildman–Crippen LogP) is 0.248. The van der Waals surface area contributed by atoms with Crippen LogP contribution in [0.1, 0.15) is 0 Å². The molecule has 0 N–H and O–H groups in total. The Hall–Kier alpha value is -1.44. The number of benzene rings is 1. The van der Waals surface area contributed by atoms with Gasteiger partial charge in [0.1, 0.15) is 0 Å². The van der Waals surface area contributed by atoms with Crippen molar-refractivity contribution in [2.24, 2.45) is 0 Å². The molecule has 2 aliphatic heterocycles. The third kappa shape index (κ3) is 1.41. The summed E-state index contributed by atoms with van der Waals surface area (Å²) in [4.78, 5) is 10.3. The molecule has 0 aromatic heterocycles. The SMILES string of the molecule is C[N+]12CCO[B-]1(c1ccc([N+](=O)[O-])cc1)OCC2. The van der Waals surface area contributed by atoms with Crippen molar-refractivity contribution in [2.45, 2.75) is 0 Å². The molecule has 0 bridgehead atoms. The highest BCUT2D eigenvalue weighted by Crippen LogP contribution is 2.32. The summed E-state index contributed by atoms with van der Waals surface area (Å²) in [6.07, 6.45) is 0. The molecule has 0 atom stereocenters. The largest absolute Gasteiger partial charge is 0.505 e. The molecule has 0 unspecified atom stereocenters. The number of quaternary nitrogens is 1. The van der Waals surface area contributed by atoms with Gasteiger partial charge in [-0.3, -0.25) is 10.1 Å². The molecule has 18 heavy (non-hydrogen) atoms. The summed E-state index contributed by atoms with van der Waals surface area (Å²) in [5.41, 5.74) is 1.01. The number of nitrogens with zero attached hydrogens (tertiary/aromatic N) is 2. The molecule has 3 rings (SSSR count). The summed E-state index contributed by atoms with van der Waals surface area (Å²) >= 11 is 0. The van der Waals surface area contributed by atoms with E-state index in [1.165, 1.54) is 12.1 Å². The Kier molecular flexibility index (Phi) is 2.44. The molecule has 2 aliphatic rings. The Bertz CT molecular complexity index is 480. The summed E-state index contributed by atoms with van der Waals surface area (Å²) in [5.74, 6) is 0. The van der Waals surface area contributed by atoms with Crippen molar-refractivity contribution in [1.29, 1.82) is 0 Å². The van der Waals surface area contributed by atoms with E-state index in [4.69, 9.17) is 9.31 Å². The van der Waals surface area contributed by atoms with Crippen LogP contribution in [0.4, 0.5) is 5.69 Å². The smallest absolute Gasteiger partial charge is 0.502 e. The van der Waals surface area contributed by atoms with Gasteiger partial charge in [0.2, 0.25) is 0 Å². The number of non-ortho nitro benzene ring substituents is 1. The van der Waals surface area contributed by atoms with Crippen molar-refractivity contribution in [2.75, 3.05) is 33.4 Å². The molecule has 7 heteroatoms. The summed E-state index contributed by atoms with van der Waals surface area (Å²) < 4.78 is 12.5. The Morgan fingerprint density at radius 1 is 1.22 bits per heavy atom. The van der Waals surface area contributed by atoms with E-state index >= 15 is 0 Å². The van der Waals surface area contributed by atoms with Crippen molar-refractivity contribution in [3.05, 3.63) is 34.4 Å². The maximum absolute atomic E-state index is 10.7. The van der Waals surface area contributed by atoms with Crippen LogP contribution in [0.2, 0.25) is 0 Å². The fraction of sp³-hybridized carbons (Fsp3) is 0.455. The van der Waals surface area contributed by atoms with Crippen LogP contribution in [-0.4, -0.2) is 49.4 Å². The van der Waals surface area contributed by atoms with Crippen molar-refractivity contribution in [1.82, 2.24) is 0 Å². The van der Waals surface area contributed by atoms with Crippen LogP contribution in [0, 0.1) is 10.1 Å². The van der Waals surface area contributed by atoms with Gasteiger partial charge in [-0.15, -0.1) is 0 Å². The second-order valence-electron chi connectivity index (χ2n) is 5.19. The third-order valence-electron chi connectivity index (χ3n) is 4.24. The average Bonchev–Trinajstić information content (AvgIpc) is 2.83. The highest BCUT2D eigenvalue weighted by molar-refractivity contribution is 6.75. The average molecular weight is 250 g/mol. The molecule has 0 aliphatic carbocycles. The Morgan fingerprint density at radius 3 is 2.28 bits per heavy atom. The highest BCUT2D eigenvalue weighted by atomic mass is 16.6. The number of fused-ring (bicyclic) bond motifs is 1. The van der Waals surface area contributed by atoms with Crippen LogP contribution in [0.5, 0.6) is 0 Å². The normalized spacial score (nSPS) is 34.5. The summed E-state index contributed by atoms with van der Waals surface area (Å²) in [6, 6.07) is 6.54. The van der Waals surface area contributed by atoms with Gasteiger partial charge in [0.25, 0.3) is 5.69 Å². The Labute approximate surface area is 105 Å². The lowest BCUT2D eigenvalue weighted by molar-refractivity contribution is -0.798. The molecule has 1 aromatic carbocycles. The number of nitro groups is 1. The molecule has 6 nitrogen and oxygen atoms in total. The minimum Gasteiger partial charge on any atom is -0.505 e. The zero-order chi connectivity index (χ0) is 12.8. The van der Waals surface area contributed by atoms with E-state index in [9.17, 15) is 10.1 Å². The zero-order valence-corrected chi connectivity index (χ0v) is 10.2. The standard InChI is InChI=1S/C11H15BN2O4/c1-14-6-8-17-12(14,18-9-7-14)10-2-4-11(5-3-10)13(15)16/h2-5H,6-9H2,1H3. The number of hydrogen-bond donors (Lipinski definition) is 0. The third-order valence-corrected chi connectivity index (χ3v) is 4.24. The van der Waals surface area contributed by atoms with Crippen LogP contribution in [0.25, 0.3) is 0 Å². The monoisotopic (exact) mass is 250 g/mol. The first-order valence-corrected chi connectivity index (χ1v) is 6.09. The lowest BCUT2D eigenvalue weighted by atomic mass is 9.61. The van der Waals surface area contributed by atoms with Crippen molar-refractivity contribution >= 4 is 17.8 Å². The maximum atomic E-state index is 10.7. The van der Waals surface area contributed by atoms with Crippen molar-refractivity contribution in [3.8, 4) is 0 Å². The molecule has 2 saturated heterocycles. The number of likely N-dealkylation sites (N-methyl/N-ethyl adjacent to an activating group) is 1. The Balaban J connectivity index is 2.01. The minimum atomic E-state index is -1.52. The molecule has 0 saturated carbocycles. The fourth-order valence-electron chi connectivity index (χ4n) is 3.09. The molecule has 0 spiro atoms. The molecular formula is C11H15BN2O4. The van der Waals surface area contributed by atoms with Crippen LogP contribution in [0.3, 0.4) is 0 Å². The van der Waals surface area contributed by atoms with Gasteiger partial charge >= 0.3 is 6.69 Å². The molecule has 0 amide bonds. The summed E-state index contributed by atoms with van der Waals surface area (Å²) in [6.45, 7) is 1.68. The molecule has 0 radical (unpaired) electrons. The lowest BCUT2D eigenvalue weighted by Crippen LogP contribution is -2.67. The Morgan fingerprint density at radius 2 is 1.78 bits per heavy atom. The van der Waals surface area contributed by atoms with E-state index in [1.807, 2.05) is 0 Å². The fourth-order valence-corrected chi connectivity index (χ4v) is 3.09. The van der Waals surface area contributed by atoms with Gasteiger partial charge in [-0.1, -0.05) is 17.6 Å². The van der Waals surface area contributed by atoms with Crippen LogP contribution in [0.15, 0.2) is 24.3 Å². The van der Waals surface area contributed by atoms with Gasteiger partial charge in [0, 0.05) is 19.2 Å². The maximum Gasteiger partial charge on any atom is 0.502 e. The van der Waals surface area contributed by atoms with Crippen molar-refractivity contribution in [3.63, 3.8) is 0 Å². The van der Waals surface area contributed by atoms with E-state index < -0.39 is 11.6 Å². The topological polar surface area (TPSA) is 61.6 Å². The van der Waals surface area contributed by atoms with Gasteiger partial charge in [-0.05, 0) is 0 Å². The first-order chi connectivity index (χ1) is 8.57. The molecular weight excluding hydrogens is 235 g/mol. The lowest BCUT2D eigenvalue weighted by Gasteiger charge is -2.43. The van der Waals surface area contributed by atoms with Crippen LogP contribution < -0.4 is 5.46 Å². The van der Waals surface area contributed by atoms with Gasteiger partial charge in [-0.25, -0.2) is 0 Å². The van der Waals surface area contributed by atoms with E-state index in [1.54, 1.807) is 12.1 Å². The first-order valence-electron chi connectivity index (χ1n) is 6.09. The quantitative estimate of drug-likeness (QED) is 0.428. The molecule has 2 fully saturated rings. The highest BCUT2D eigenvalue weighted by Gasteiger charge is 2.57. The number of hydrogen-bond acceptors (Lipinski definition) is 4. The van der Waals surface area contributed by atoms with E-state index in [0.29, 0.717) is 13.2 Å². The number of nitro benzene ring substituents is 1. The summed E-state index contributed by atoms with van der Waals surface area (Å²) in [5, 5.41) is 10.7.